The average Bonchev–Trinajstić information content (AvgIpc) is 3.43. The molecule has 0 spiro atoms. The Balaban J connectivity index is 1.54. The van der Waals surface area contributed by atoms with E-state index in [1.54, 1.807) is 17.6 Å². The van der Waals surface area contributed by atoms with Gasteiger partial charge in [0, 0.05) is 24.4 Å². The first kappa shape index (κ1) is 21.9. The molecule has 3 rings (SSSR count). The molecule has 0 aliphatic carbocycles. The second-order valence-corrected chi connectivity index (χ2v) is 8.16. The highest BCUT2D eigenvalue weighted by molar-refractivity contribution is 7.09. The number of thiophene rings is 1. The molecule has 2 heterocycles. The minimum absolute atomic E-state index is 0.122. The molecule has 30 heavy (non-hydrogen) atoms. The molecule has 0 bridgehead atoms. The van der Waals surface area contributed by atoms with Gasteiger partial charge in [-0.1, -0.05) is 18.2 Å². The normalized spacial score (nSPS) is 12.7. The molecule has 2 aromatic heterocycles. The molecular formula is C23H29N3O3S. The Kier molecular flexibility index (Phi) is 8.35. The van der Waals surface area contributed by atoms with Gasteiger partial charge in [0.25, 0.3) is 0 Å². The lowest BCUT2D eigenvalue weighted by atomic mass is 10.1. The predicted octanol–water partition coefficient (Wildman–Crippen LogP) is 4.14. The van der Waals surface area contributed by atoms with E-state index < -0.39 is 6.10 Å². The van der Waals surface area contributed by atoms with Gasteiger partial charge in [0.15, 0.2) is 5.96 Å². The lowest BCUT2D eigenvalue weighted by Gasteiger charge is -2.17. The molecular weight excluding hydrogens is 398 g/mol. The molecule has 160 valence electrons. The van der Waals surface area contributed by atoms with Crippen LogP contribution in [-0.2, 0) is 13.0 Å². The van der Waals surface area contributed by atoms with Crippen molar-refractivity contribution in [1.29, 1.82) is 0 Å². The van der Waals surface area contributed by atoms with Crippen LogP contribution in [-0.4, -0.2) is 30.3 Å². The number of nitrogens with zero attached hydrogens (tertiary/aromatic N) is 1. The summed E-state index contributed by atoms with van der Waals surface area (Å²) in [6, 6.07) is 15.4. The molecule has 7 heteroatoms. The maximum atomic E-state index is 10.6. The number of aliphatic hydroxyl groups is 1. The molecule has 3 N–H and O–H groups in total. The van der Waals surface area contributed by atoms with Crippen molar-refractivity contribution in [2.75, 3.05) is 13.1 Å². The first-order chi connectivity index (χ1) is 14.6. The number of nitrogens with one attached hydrogen (secondary N) is 2. The minimum atomic E-state index is -0.656. The summed E-state index contributed by atoms with van der Waals surface area (Å²) in [5, 5.41) is 19.2. The van der Waals surface area contributed by atoms with E-state index in [0.717, 1.165) is 23.5 Å². The van der Waals surface area contributed by atoms with E-state index in [9.17, 15) is 5.11 Å². The van der Waals surface area contributed by atoms with Gasteiger partial charge in [-0.05, 0) is 55.1 Å². The summed E-state index contributed by atoms with van der Waals surface area (Å²) in [6.45, 7) is 5.60. The molecule has 1 unspecified atom stereocenters. The lowest BCUT2D eigenvalue weighted by molar-refractivity contribution is 0.180. The number of guanidine groups is 1. The SMILES string of the molecule is CC(C)Oc1ccc(C(O)CNC(=NCc2cccs2)NCCc2ccco2)cc1. The van der Waals surface area contributed by atoms with Gasteiger partial charge in [-0.15, -0.1) is 11.3 Å². The monoisotopic (exact) mass is 427 g/mol. The van der Waals surface area contributed by atoms with E-state index in [2.05, 4.69) is 21.7 Å². The van der Waals surface area contributed by atoms with E-state index >= 15 is 0 Å². The second kappa shape index (κ2) is 11.4. The van der Waals surface area contributed by atoms with Crippen molar-refractivity contribution in [2.45, 2.75) is 39.0 Å². The van der Waals surface area contributed by atoms with Crippen LogP contribution in [0.15, 0.2) is 69.6 Å². The molecule has 6 nitrogen and oxygen atoms in total. The highest BCUT2D eigenvalue weighted by Crippen LogP contribution is 2.18. The van der Waals surface area contributed by atoms with Crippen LogP contribution >= 0.6 is 11.3 Å². The fourth-order valence-corrected chi connectivity index (χ4v) is 3.47. The van der Waals surface area contributed by atoms with Gasteiger partial charge in [-0.2, -0.15) is 0 Å². The Morgan fingerprint density at radius 1 is 1.13 bits per heavy atom. The topological polar surface area (TPSA) is 79.0 Å². The standard InChI is InChI=1S/C23H29N3O3S/c1-17(2)29-20-9-7-18(8-10-20)22(27)16-26-23(25-15-21-6-4-14-30-21)24-12-11-19-5-3-13-28-19/h3-10,13-14,17,22,27H,11-12,15-16H2,1-2H3,(H2,24,25,26). The third kappa shape index (κ3) is 7.24. The summed E-state index contributed by atoms with van der Waals surface area (Å²) in [5.41, 5.74) is 0.826. The van der Waals surface area contributed by atoms with E-state index in [1.165, 1.54) is 4.88 Å². The molecule has 0 saturated carbocycles. The van der Waals surface area contributed by atoms with Gasteiger partial charge in [0.05, 0.1) is 25.0 Å². The zero-order chi connectivity index (χ0) is 21.2. The molecule has 0 aliphatic heterocycles. The van der Waals surface area contributed by atoms with Gasteiger partial charge in [0.1, 0.15) is 11.5 Å². The molecule has 1 atom stereocenters. The predicted molar refractivity (Wildman–Crippen MR) is 121 cm³/mol. The van der Waals surface area contributed by atoms with Crippen LogP contribution in [0.4, 0.5) is 0 Å². The number of hydrogen-bond acceptors (Lipinski definition) is 5. The summed E-state index contributed by atoms with van der Waals surface area (Å²) < 4.78 is 11.0. The van der Waals surface area contributed by atoms with Crippen molar-refractivity contribution in [3.8, 4) is 5.75 Å². The first-order valence-electron chi connectivity index (χ1n) is 10.1. The number of furan rings is 1. The maximum absolute atomic E-state index is 10.6. The van der Waals surface area contributed by atoms with Gasteiger partial charge in [-0.3, -0.25) is 0 Å². The van der Waals surface area contributed by atoms with Gasteiger partial charge < -0.3 is 24.9 Å². The summed E-state index contributed by atoms with van der Waals surface area (Å²) >= 11 is 1.67. The number of rotatable bonds is 10. The molecule has 0 saturated heterocycles. The quantitative estimate of drug-likeness (QED) is 0.335. The number of hydrogen-bond donors (Lipinski definition) is 3. The minimum Gasteiger partial charge on any atom is -0.491 e. The molecule has 0 amide bonds. The van der Waals surface area contributed by atoms with Crippen LogP contribution in [0.5, 0.6) is 5.75 Å². The van der Waals surface area contributed by atoms with Gasteiger partial charge in [0.2, 0.25) is 0 Å². The number of ether oxygens (including phenoxy) is 1. The van der Waals surface area contributed by atoms with Crippen LogP contribution in [0.1, 0.15) is 36.2 Å². The number of benzene rings is 1. The first-order valence-corrected chi connectivity index (χ1v) is 11.0. The van der Waals surface area contributed by atoms with Crippen LogP contribution < -0.4 is 15.4 Å². The van der Waals surface area contributed by atoms with Gasteiger partial charge in [-0.25, -0.2) is 4.99 Å². The van der Waals surface area contributed by atoms with Crippen LogP contribution in [0, 0.1) is 0 Å². The van der Waals surface area contributed by atoms with Crippen molar-refractivity contribution in [1.82, 2.24) is 10.6 Å². The van der Waals surface area contributed by atoms with E-state index in [1.807, 2.05) is 61.7 Å². The van der Waals surface area contributed by atoms with Crippen LogP contribution in [0.2, 0.25) is 0 Å². The molecule has 0 aliphatic rings. The van der Waals surface area contributed by atoms with E-state index in [0.29, 0.717) is 25.6 Å². The van der Waals surface area contributed by atoms with Crippen molar-refractivity contribution in [2.24, 2.45) is 4.99 Å². The van der Waals surface area contributed by atoms with Crippen molar-refractivity contribution >= 4 is 17.3 Å². The Bertz CT molecular complexity index is 875. The highest BCUT2D eigenvalue weighted by Gasteiger charge is 2.10. The zero-order valence-corrected chi connectivity index (χ0v) is 18.2. The fourth-order valence-electron chi connectivity index (χ4n) is 2.84. The van der Waals surface area contributed by atoms with E-state index in [-0.39, 0.29) is 6.10 Å². The highest BCUT2D eigenvalue weighted by atomic mass is 32.1. The molecule has 0 radical (unpaired) electrons. The Hall–Kier alpha value is -2.77. The summed E-state index contributed by atoms with van der Waals surface area (Å²) in [5.74, 6) is 2.38. The summed E-state index contributed by atoms with van der Waals surface area (Å²) in [4.78, 5) is 5.82. The average molecular weight is 428 g/mol. The third-order valence-electron chi connectivity index (χ3n) is 4.32. The Morgan fingerprint density at radius 3 is 2.63 bits per heavy atom. The molecule has 3 aromatic rings. The summed E-state index contributed by atoms with van der Waals surface area (Å²) in [6.07, 6.45) is 1.90. The van der Waals surface area contributed by atoms with Crippen molar-refractivity contribution in [3.05, 3.63) is 76.4 Å². The van der Waals surface area contributed by atoms with Gasteiger partial charge >= 0.3 is 0 Å². The Labute approximate surface area is 181 Å². The zero-order valence-electron chi connectivity index (χ0n) is 17.4. The van der Waals surface area contributed by atoms with E-state index in [4.69, 9.17) is 9.15 Å². The lowest BCUT2D eigenvalue weighted by Crippen LogP contribution is -2.40. The molecule has 1 aromatic carbocycles. The smallest absolute Gasteiger partial charge is 0.191 e. The largest absolute Gasteiger partial charge is 0.491 e. The second-order valence-electron chi connectivity index (χ2n) is 7.13. The van der Waals surface area contributed by atoms with Crippen molar-refractivity contribution < 1.29 is 14.3 Å². The van der Waals surface area contributed by atoms with Crippen LogP contribution in [0.3, 0.4) is 0 Å². The third-order valence-corrected chi connectivity index (χ3v) is 5.18. The van der Waals surface area contributed by atoms with Crippen LogP contribution in [0.25, 0.3) is 0 Å². The molecule has 0 fully saturated rings. The number of aliphatic hydroxyl groups excluding tert-OH is 1. The fraction of sp³-hybridized carbons (Fsp3) is 0.348. The van der Waals surface area contributed by atoms with Crippen molar-refractivity contribution in [3.63, 3.8) is 0 Å². The number of aliphatic imine (C=N–C) groups is 1. The maximum Gasteiger partial charge on any atom is 0.191 e. The summed E-state index contributed by atoms with van der Waals surface area (Å²) in [7, 11) is 0. The Morgan fingerprint density at radius 2 is 1.97 bits per heavy atom.